The maximum Gasteiger partial charge on any atom is 0.229 e. The summed E-state index contributed by atoms with van der Waals surface area (Å²) in [5.74, 6) is 1.79. The molecule has 2 aromatic heterocycles. The number of phenolic OH excluding ortho intramolecular Hbond substituents is 1. The Morgan fingerprint density at radius 1 is 1.03 bits per heavy atom. The fourth-order valence-electron chi connectivity index (χ4n) is 4.21. The van der Waals surface area contributed by atoms with Gasteiger partial charge in [0.2, 0.25) is 5.95 Å². The lowest BCUT2D eigenvalue weighted by atomic mass is 10.1. The van der Waals surface area contributed by atoms with E-state index in [1.54, 1.807) is 12.1 Å². The van der Waals surface area contributed by atoms with Crippen LogP contribution in [0.3, 0.4) is 0 Å². The number of aromatic nitrogens is 3. The molecule has 1 N–H and O–H groups in total. The highest BCUT2D eigenvalue weighted by Crippen LogP contribution is 2.31. The van der Waals surface area contributed by atoms with Gasteiger partial charge in [-0.3, -0.25) is 0 Å². The van der Waals surface area contributed by atoms with Crippen LogP contribution in [0.2, 0.25) is 0 Å². The molecule has 2 fully saturated rings. The monoisotopic (exact) mass is 421 g/mol. The molecule has 0 aliphatic carbocycles. The predicted molar refractivity (Wildman–Crippen MR) is 120 cm³/mol. The highest BCUT2D eigenvalue weighted by atomic mass is 16.5. The highest BCUT2D eigenvalue weighted by molar-refractivity contribution is 5.90. The Hall–Kier alpha value is -2.97. The fraction of sp³-hybridized carbons (Fsp3) is 0.435. The maximum atomic E-state index is 9.88. The number of ether oxygens (including phenoxy) is 2. The number of aromatic hydroxyl groups is 1. The molecule has 8 nitrogen and oxygen atoms in total. The zero-order chi connectivity index (χ0) is 21.4. The van der Waals surface area contributed by atoms with Crippen molar-refractivity contribution < 1.29 is 14.6 Å². The molecule has 0 amide bonds. The van der Waals surface area contributed by atoms with Crippen molar-refractivity contribution in [2.75, 3.05) is 49.3 Å². The molecule has 0 radical (unpaired) electrons. The second kappa shape index (κ2) is 8.28. The smallest absolute Gasteiger partial charge is 0.229 e. The molecular formula is C23H27N5O3. The zero-order valence-electron chi connectivity index (χ0n) is 17.9. The summed E-state index contributed by atoms with van der Waals surface area (Å²) in [5.41, 5.74) is 2.27. The molecule has 4 heterocycles. The SMILES string of the molecule is C[C@H]1CN(c2nc(N3CCOC[C@@H]3C)c3ccc(-c4cccc(O)c4)nc3n2)CCO1. The van der Waals surface area contributed by atoms with Gasteiger partial charge in [-0.25, -0.2) is 4.98 Å². The van der Waals surface area contributed by atoms with Crippen molar-refractivity contribution in [3.05, 3.63) is 36.4 Å². The van der Waals surface area contributed by atoms with Crippen molar-refractivity contribution in [3.8, 4) is 17.0 Å². The number of morpholine rings is 2. The van der Waals surface area contributed by atoms with Gasteiger partial charge in [-0.2, -0.15) is 9.97 Å². The Bertz CT molecular complexity index is 1090. The Kier molecular flexibility index (Phi) is 5.33. The number of anilines is 2. The van der Waals surface area contributed by atoms with Crippen LogP contribution in [0.4, 0.5) is 11.8 Å². The molecule has 31 heavy (non-hydrogen) atoms. The van der Waals surface area contributed by atoms with E-state index in [1.165, 1.54) is 0 Å². The molecule has 3 aromatic rings. The average molecular weight is 422 g/mol. The van der Waals surface area contributed by atoms with Crippen molar-refractivity contribution in [1.29, 1.82) is 0 Å². The van der Waals surface area contributed by atoms with Gasteiger partial charge in [-0.1, -0.05) is 12.1 Å². The molecule has 8 heteroatoms. The first-order chi connectivity index (χ1) is 15.1. The number of phenols is 1. The lowest BCUT2D eigenvalue weighted by Crippen LogP contribution is -2.45. The van der Waals surface area contributed by atoms with E-state index in [2.05, 4.69) is 23.6 Å². The van der Waals surface area contributed by atoms with Crippen LogP contribution in [-0.4, -0.2) is 71.7 Å². The van der Waals surface area contributed by atoms with E-state index in [4.69, 9.17) is 24.4 Å². The number of benzene rings is 1. The first-order valence-electron chi connectivity index (χ1n) is 10.8. The van der Waals surface area contributed by atoms with Gasteiger partial charge in [0.15, 0.2) is 5.65 Å². The first kappa shape index (κ1) is 20.0. The number of hydrogen-bond acceptors (Lipinski definition) is 8. The summed E-state index contributed by atoms with van der Waals surface area (Å²) < 4.78 is 11.3. The van der Waals surface area contributed by atoms with E-state index in [0.29, 0.717) is 31.4 Å². The van der Waals surface area contributed by atoms with Gasteiger partial charge in [0, 0.05) is 25.2 Å². The summed E-state index contributed by atoms with van der Waals surface area (Å²) in [6.45, 7) is 8.49. The van der Waals surface area contributed by atoms with E-state index >= 15 is 0 Å². The fourth-order valence-corrected chi connectivity index (χ4v) is 4.21. The number of rotatable bonds is 3. The van der Waals surface area contributed by atoms with Gasteiger partial charge in [0.05, 0.1) is 43.0 Å². The van der Waals surface area contributed by atoms with Crippen molar-refractivity contribution in [2.45, 2.75) is 26.0 Å². The summed E-state index contributed by atoms with van der Waals surface area (Å²) in [4.78, 5) is 19.2. The normalized spacial score (nSPS) is 22.1. The minimum Gasteiger partial charge on any atom is -0.508 e. The topological polar surface area (TPSA) is 83.8 Å². The number of hydrogen-bond donors (Lipinski definition) is 1. The van der Waals surface area contributed by atoms with E-state index in [0.717, 1.165) is 42.1 Å². The molecule has 0 saturated carbocycles. The van der Waals surface area contributed by atoms with E-state index < -0.39 is 0 Å². The van der Waals surface area contributed by atoms with Crippen LogP contribution in [0.25, 0.3) is 22.3 Å². The molecule has 0 unspecified atom stereocenters. The van der Waals surface area contributed by atoms with Crippen molar-refractivity contribution in [1.82, 2.24) is 15.0 Å². The van der Waals surface area contributed by atoms with Gasteiger partial charge < -0.3 is 24.4 Å². The maximum absolute atomic E-state index is 9.88. The molecule has 0 bridgehead atoms. The third-order valence-corrected chi connectivity index (χ3v) is 5.83. The summed E-state index contributed by atoms with van der Waals surface area (Å²) in [6, 6.07) is 11.3. The number of fused-ring (bicyclic) bond motifs is 1. The summed E-state index contributed by atoms with van der Waals surface area (Å²) in [7, 11) is 0. The Labute approximate surface area is 181 Å². The summed E-state index contributed by atoms with van der Waals surface area (Å²) >= 11 is 0. The largest absolute Gasteiger partial charge is 0.508 e. The number of pyridine rings is 1. The second-order valence-electron chi connectivity index (χ2n) is 8.21. The molecule has 2 atom stereocenters. The lowest BCUT2D eigenvalue weighted by molar-refractivity contribution is 0.0526. The molecular weight excluding hydrogens is 394 g/mol. The Balaban J connectivity index is 1.64. The third-order valence-electron chi connectivity index (χ3n) is 5.83. The van der Waals surface area contributed by atoms with Crippen molar-refractivity contribution >= 4 is 22.8 Å². The summed E-state index contributed by atoms with van der Waals surface area (Å²) in [5, 5.41) is 10.8. The first-order valence-corrected chi connectivity index (χ1v) is 10.8. The van der Waals surface area contributed by atoms with Gasteiger partial charge in [-0.15, -0.1) is 0 Å². The van der Waals surface area contributed by atoms with Crippen molar-refractivity contribution in [2.24, 2.45) is 0 Å². The van der Waals surface area contributed by atoms with Crippen LogP contribution >= 0.6 is 0 Å². The molecule has 0 spiro atoms. The van der Waals surface area contributed by atoms with E-state index in [9.17, 15) is 5.11 Å². The average Bonchev–Trinajstić information content (AvgIpc) is 2.78. The van der Waals surface area contributed by atoms with Crippen LogP contribution in [-0.2, 0) is 9.47 Å². The van der Waals surface area contributed by atoms with Crippen LogP contribution < -0.4 is 9.80 Å². The second-order valence-corrected chi connectivity index (χ2v) is 8.21. The van der Waals surface area contributed by atoms with Crippen LogP contribution in [0.15, 0.2) is 36.4 Å². The van der Waals surface area contributed by atoms with Gasteiger partial charge in [-0.05, 0) is 38.1 Å². The molecule has 162 valence electrons. The van der Waals surface area contributed by atoms with Gasteiger partial charge >= 0.3 is 0 Å². The predicted octanol–water partition coefficient (Wildman–Crippen LogP) is 2.85. The van der Waals surface area contributed by atoms with E-state index in [-0.39, 0.29) is 17.9 Å². The van der Waals surface area contributed by atoms with Crippen LogP contribution in [0.1, 0.15) is 13.8 Å². The lowest BCUT2D eigenvalue weighted by Gasteiger charge is -2.36. The standard InChI is InChI=1S/C23H27N5O3/c1-15-14-30-10-9-28(15)22-19-6-7-20(17-4-3-5-18(29)12-17)24-21(19)25-23(26-22)27-8-11-31-16(2)13-27/h3-7,12,15-16,29H,8-11,13-14H2,1-2H3/t15-,16-/m0/s1. The van der Waals surface area contributed by atoms with Crippen LogP contribution in [0, 0.1) is 0 Å². The summed E-state index contributed by atoms with van der Waals surface area (Å²) in [6.07, 6.45) is 0.130. The molecule has 1 aromatic carbocycles. The zero-order valence-corrected chi connectivity index (χ0v) is 17.9. The highest BCUT2D eigenvalue weighted by Gasteiger charge is 2.26. The molecule has 2 aliphatic rings. The Morgan fingerprint density at radius 3 is 2.74 bits per heavy atom. The number of nitrogens with zero attached hydrogens (tertiary/aromatic N) is 5. The minimum absolute atomic E-state index is 0.130. The van der Waals surface area contributed by atoms with Crippen LogP contribution in [0.5, 0.6) is 5.75 Å². The van der Waals surface area contributed by atoms with E-state index in [1.807, 2.05) is 24.3 Å². The molecule has 2 aliphatic heterocycles. The minimum atomic E-state index is 0.130. The quantitative estimate of drug-likeness (QED) is 0.691. The van der Waals surface area contributed by atoms with Gasteiger partial charge in [0.25, 0.3) is 0 Å². The Morgan fingerprint density at radius 2 is 1.94 bits per heavy atom. The van der Waals surface area contributed by atoms with Gasteiger partial charge in [0.1, 0.15) is 11.6 Å². The third kappa shape index (κ3) is 4.00. The molecule has 2 saturated heterocycles. The van der Waals surface area contributed by atoms with Crippen molar-refractivity contribution in [3.63, 3.8) is 0 Å². The molecule has 5 rings (SSSR count).